The number of benzene rings is 2. The fraction of sp³-hybridized carbons (Fsp3) is 0.200. The first kappa shape index (κ1) is 14.9. The molecule has 0 amide bonds. The predicted molar refractivity (Wildman–Crippen MR) is 80.8 cm³/mol. The molecule has 0 fully saturated rings. The summed E-state index contributed by atoms with van der Waals surface area (Å²) in [5.41, 5.74) is 2.04. The molecule has 0 aliphatic rings. The number of hydrogen-bond acceptors (Lipinski definition) is 3. The molecule has 0 saturated heterocycles. The van der Waals surface area contributed by atoms with E-state index >= 15 is 0 Å². The van der Waals surface area contributed by atoms with Crippen LogP contribution in [-0.4, -0.2) is 17.7 Å². The lowest BCUT2D eigenvalue weighted by molar-refractivity contribution is 0.600. The Labute approximate surface area is 122 Å². The van der Waals surface area contributed by atoms with Crippen molar-refractivity contribution >= 4 is 20.6 Å². The van der Waals surface area contributed by atoms with E-state index in [4.69, 9.17) is 0 Å². The van der Waals surface area contributed by atoms with E-state index < -0.39 is 20.6 Å². The van der Waals surface area contributed by atoms with E-state index in [0.717, 1.165) is 11.1 Å². The maximum atomic E-state index is 12.2. The highest BCUT2D eigenvalue weighted by atomic mass is 32.3. The Morgan fingerprint density at radius 2 is 1.30 bits per heavy atom. The zero-order valence-corrected chi connectivity index (χ0v) is 13.0. The molecule has 106 valence electrons. The van der Waals surface area contributed by atoms with Crippen molar-refractivity contribution < 1.29 is 12.6 Å². The fourth-order valence-corrected chi connectivity index (χ4v) is 4.92. The van der Waals surface area contributed by atoms with Crippen LogP contribution in [0.5, 0.6) is 0 Å². The molecular formula is C15H16O3S2. The van der Waals surface area contributed by atoms with Gasteiger partial charge in [-0.05, 0) is 38.1 Å². The minimum Gasteiger partial charge on any atom is -0.253 e. The molecule has 1 unspecified atom stereocenters. The summed E-state index contributed by atoms with van der Waals surface area (Å²) < 4.78 is 36.5. The molecule has 0 bridgehead atoms. The van der Waals surface area contributed by atoms with Crippen molar-refractivity contribution in [1.29, 1.82) is 0 Å². The van der Waals surface area contributed by atoms with Gasteiger partial charge in [0.2, 0.25) is 0 Å². The average molecular weight is 308 g/mol. The highest BCUT2D eigenvalue weighted by Crippen LogP contribution is 2.16. The Morgan fingerprint density at radius 1 is 0.850 bits per heavy atom. The highest BCUT2D eigenvalue weighted by Gasteiger charge is 2.19. The molecule has 5 heteroatoms. The van der Waals surface area contributed by atoms with Gasteiger partial charge in [-0.3, -0.25) is 4.21 Å². The third-order valence-corrected chi connectivity index (χ3v) is 6.81. The summed E-state index contributed by atoms with van der Waals surface area (Å²) in [4.78, 5) is 0.745. The van der Waals surface area contributed by atoms with Crippen LogP contribution in [0, 0.1) is 13.8 Å². The summed E-state index contributed by atoms with van der Waals surface area (Å²) in [6.45, 7) is 3.82. The van der Waals surface area contributed by atoms with E-state index in [1.807, 2.05) is 26.0 Å². The summed E-state index contributed by atoms with van der Waals surface area (Å²) in [7, 11) is -5.09. The first-order valence-corrected chi connectivity index (χ1v) is 9.10. The molecule has 3 nitrogen and oxygen atoms in total. The molecule has 0 aliphatic heterocycles. The van der Waals surface area contributed by atoms with Gasteiger partial charge in [-0.2, -0.15) is 0 Å². The van der Waals surface area contributed by atoms with Crippen LogP contribution in [0.15, 0.2) is 58.3 Å². The van der Waals surface area contributed by atoms with Crippen LogP contribution in [0.3, 0.4) is 0 Å². The fourth-order valence-electron chi connectivity index (χ4n) is 1.71. The van der Waals surface area contributed by atoms with Gasteiger partial charge in [-0.25, -0.2) is 8.42 Å². The molecule has 2 rings (SSSR count). The third kappa shape index (κ3) is 3.55. The summed E-state index contributed by atoms with van der Waals surface area (Å²) in [5, 5.41) is -0.390. The number of hydrogen-bond donors (Lipinski definition) is 0. The van der Waals surface area contributed by atoms with Crippen LogP contribution in [0.25, 0.3) is 0 Å². The SMILES string of the molecule is Cc1ccc(S(=O)CS(=O)(=O)c2ccc(C)cc2)cc1. The largest absolute Gasteiger partial charge is 0.253 e. The third-order valence-electron chi connectivity index (χ3n) is 2.93. The van der Waals surface area contributed by atoms with Crippen molar-refractivity contribution in [3.05, 3.63) is 59.7 Å². The zero-order valence-electron chi connectivity index (χ0n) is 11.4. The van der Waals surface area contributed by atoms with Crippen LogP contribution < -0.4 is 0 Å². The lowest BCUT2D eigenvalue weighted by Gasteiger charge is -2.05. The zero-order chi connectivity index (χ0) is 14.8. The lowest BCUT2D eigenvalue weighted by atomic mass is 10.2. The van der Waals surface area contributed by atoms with Gasteiger partial charge in [0, 0.05) is 4.90 Å². The summed E-state index contributed by atoms with van der Waals surface area (Å²) in [6, 6.07) is 13.6. The van der Waals surface area contributed by atoms with Gasteiger partial charge in [-0.15, -0.1) is 0 Å². The molecular weight excluding hydrogens is 292 g/mol. The monoisotopic (exact) mass is 308 g/mol. The first-order chi connectivity index (χ1) is 9.38. The Bertz CT molecular complexity index is 715. The van der Waals surface area contributed by atoms with Crippen LogP contribution in [0.4, 0.5) is 0 Å². The molecule has 0 N–H and O–H groups in total. The minimum absolute atomic E-state index is 0.212. The van der Waals surface area contributed by atoms with E-state index in [0.29, 0.717) is 4.90 Å². The van der Waals surface area contributed by atoms with Crippen molar-refractivity contribution in [3.63, 3.8) is 0 Å². The molecule has 0 spiro atoms. The molecule has 0 saturated carbocycles. The van der Waals surface area contributed by atoms with Crippen LogP contribution in [-0.2, 0) is 20.6 Å². The van der Waals surface area contributed by atoms with E-state index in [9.17, 15) is 12.6 Å². The first-order valence-electron chi connectivity index (χ1n) is 6.13. The standard InChI is InChI=1S/C15H16O3S2/c1-12-3-7-14(8-4-12)19(16)11-20(17,18)15-9-5-13(2)6-10-15/h3-10H,11H2,1-2H3. The van der Waals surface area contributed by atoms with Crippen LogP contribution in [0.1, 0.15) is 11.1 Å². The number of sulfone groups is 1. The normalized spacial score (nSPS) is 13.1. The second-order valence-corrected chi connectivity index (χ2v) is 8.51. The van der Waals surface area contributed by atoms with Gasteiger partial charge in [0.05, 0.1) is 15.7 Å². The maximum Gasteiger partial charge on any atom is 0.190 e. The van der Waals surface area contributed by atoms with E-state index in [-0.39, 0.29) is 9.98 Å². The molecule has 0 heterocycles. The van der Waals surface area contributed by atoms with Gasteiger partial charge in [0.15, 0.2) is 9.84 Å². The topological polar surface area (TPSA) is 51.2 Å². The van der Waals surface area contributed by atoms with E-state index in [1.54, 1.807) is 36.4 Å². The Hall–Kier alpha value is -1.46. The second kappa shape index (κ2) is 5.89. The summed E-state index contributed by atoms with van der Waals surface area (Å²) in [5.74, 6) is 0. The van der Waals surface area contributed by atoms with Crippen molar-refractivity contribution in [3.8, 4) is 0 Å². The van der Waals surface area contributed by atoms with Gasteiger partial charge in [-0.1, -0.05) is 35.4 Å². The maximum absolute atomic E-state index is 12.2. The Kier molecular flexibility index (Phi) is 4.40. The minimum atomic E-state index is -3.53. The molecule has 2 aromatic carbocycles. The highest BCUT2D eigenvalue weighted by molar-refractivity contribution is 8.05. The average Bonchev–Trinajstić information content (AvgIpc) is 2.39. The Morgan fingerprint density at radius 3 is 1.80 bits per heavy atom. The lowest BCUT2D eigenvalue weighted by Crippen LogP contribution is -2.12. The van der Waals surface area contributed by atoms with Gasteiger partial charge in [0.1, 0.15) is 5.08 Å². The van der Waals surface area contributed by atoms with Gasteiger partial charge >= 0.3 is 0 Å². The molecule has 0 aromatic heterocycles. The molecule has 0 aliphatic carbocycles. The molecule has 2 aromatic rings. The molecule has 1 atom stereocenters. The van der Waals surface area contributed by atoms with Gasteiger partial charge in [0.25, 0.3) is 0 Å². The Balaban J connectivity index is 2.22. The van der Waals surface area contributed by atoms with Crippen LogP contribution in [0.2, 0.25) is 0 Å². The van der Waals surface area contributed by atoms with E-state index in [2.05, 4.69) is 0 Å². The second-order valence-electron chi connectivity index (χ2n) is 4.70. The predicted octanol–water partition coefficient (Wildman–Crippen LogP) is 2.84. The number of aryl methyl sites for hydroxylation is 2. The van der Waals surface area contributed by atoms with Crippen molar-refractivity contribution in [2.75, 3.05) is 5.08 Å². The summed E-state index contributed by atoms with van der Waals surface area (Å²) >= 11 is 0. The van der Waals surface area contributed by atoms with Crippen molar-refractivity contribution in [1.82, 2.24) is 0 Å². The van der Waals surface area contributed by atoms with Gasteiger partial charge < -0.3 is 0 Å². The van der Waals surface area contributed by atoms with Crippen molar-refractivity contribution in [2.24, 2.45) is 0 Å². The smallest absolute Gasteiger partial charge is 0.190 e. The summed E-state index contributed by atoms with van der Waals surface area (Å²) in [6.07, 6.45) is 0. The molecule has 20 heavy (non-hydrogen) atoms. The molecule has 0 radical (unpaired) electrons. The van der Waals surface area contributed by atoms with E-state index in [1.165, 1.54) is 0 Å². The van der Waals surface area contributed by atoms with Crippen LogP contribution >= 0.6 is 0 Å². The van der Waals surface area contributed by atoms with Crippen molar-refractivity contribution in [2.45, 2.75) is 23.6 Å². The quantitative estimate of drug-likeness (QED) is 0.872. The number of rotatable bonds is 4.